The molecule has 2 aromatic heterocycles. The summed E-state index contributed by atoms with van der Waals surface area (Å²) in [7, 11) is 0. The summed E-state index contributed by atoms with van der Waals surface area (Å²) in [6.45, 7) is 3.91. The first-order valence-electron chi connectivity index (χ1n) is 5.57. The van der Waals surface area contributed by atoms with Crippen LogP contribution in [0.5, 0.6) is 0 Å². The van der Waals surface area contributed by atoms with Crippen LogP contribution < -0.4 is 5.73 Å². The van der Waals surface area contributed by atoms with Crippen molar-refractivity contribution in [2.75, 3.05) is 12.3 Å². The minimum absolute atomic E-state index is 0.263. The molecule has 6 nitrogen and oxygen atoms in total. The van der Waals surface area contributed by atoms with Gasteiger partial charge in [0.15, 0.2) is 5.82 Å². The summed E-state index contributed by atoms with van der Waals surface area (Å²) >= 11 is 0. The highest BCUT2D eigenvalue weighted by atomic mass is 16.5. The highest BCUT2D eigenvalue weighted by Gasteiger charge is 2.15. The van der Waals surface area contributed by atoms with Crippen LogP contribution in [0.3, 0.4) is 0 Å². The van der Waals surface area contributed by atoms with Crippen molar-refractivity contribution in [3.8, 4) is 5.82 Å². The first-order valence-corrected chi connectivity index (χ1v) is 5.57. The molecule has 0 unspecified atom stereocenters. The van der Waals surface area contributed by atoms with E-state index in [1.165, 1.54) is 16.9 Å². The summed E-state index contributed by atoms with van der Waals surface area (Å²) in [5.74, 6) is -0.0313. The summed E-state index contributed by atoms with van der Waals surface area (Å²) < 4.78 is 6.46. The van der Waals surface area contributed by atoms with E-state index in [0.29, 0.717) is 18.0 Å². The van der Waals surface area contributed by atoms with Gasteiger partial charge >= 0.3 is 5.97 Å². The number of nitrogen functional groups attached to an aromatic ring is 1. The molecule has 2 rings (SSSR count). The molecule has 0 bridgehead atoms. The lowest BCUT2D eigenvalue weighted by atomic mass is 10.2. The normalized spacial score (nSPS) is 10.3. The molecule has 0 saturated heterocycles. The predicted molar refractivity (Wildman–Crippen MR) is 66.5 cm³/mol. The zero-order valence-electron chi connectivity index (χ0n) is 10.3. The number of esters is 1. The van der Waals surface area contributed by atoms with E-state index < -0.39 is 5.97 Å². The van der Waals surface area contributed by atoms with E-state index in [2.05, 4.69) is 10.1 Å². The average Bonchev–Trinajstić information content (AvgIpc) is 2.76. The maximum absolute atomic E-state index is 11.7. The maximum atomic E-state index is 11.7. The third kappa shape index (κ3) is 2.17. The van der Waals surface area contributed by atoms with Crippen LogP contribution >= 0.6 is 0 Å². The van der Waals surface area contributed by atoms with Gasteiger partial charge in [-0.15, -0.1) is 0 Å². The van der Waals surface area contributed by atoms with Crippen molar-refractivity contribution in [1.29, 1.82) is 0 Å². The summed E-state index contributed by atoms with van der Waals surface area (Å²) in [4.78, 5) is 15.8. The minimum atomic E-state index is -0.456. The molecule has 2 aromatic rings. The molecule has 0 aromatic carbocycles. The molecule has 2 N–H and O–H groups in total. The fraction of sp³-hybridized carbons (Fsp3) is 0.250. The fourth-order valence-corrected chi connectivity index (χ4v) is 1.56. The molecule has 18 heavy (non-hydrogen) atoms. The fourth-order valence-electron chi connectivity index (χ4n) is 1.56. The van der Waals surface area contributed by atoms with E-state index >= 15 is 0 Å². The Morgan fingerprint density at radius 1 is 1.50 bits per heavy atom. The second-order valence-electron chi connectivity index (χ2n) is 3.72. The van der Waals surface area contributed by atoms with Gasteiger partial charge in [-0.25, -0.2) is 14.5 Å². The largest absolute Gasteiger partial charge is 0.462 e. The Bertz CT molecular complexity index is 577. The topological polar surface area (TPSA) is 83.0 Å². The number of nitrogens with zero attached hydrogens (tertiary/aromatic N) is 3. The molecule has 0 radical (unpaired) electrons. The van der Waals surface area contributed by atoms with E-state index in [1.54, 1.807) is 13.1 Å². The van der Waals surface area contributed by atoms with Crippen LogP contribution in [0.15, 0.2) is 24.5 Å². The van der Waals surface area contributed by atoms with Gasteiger partial charge in [-0.3, -0.25) is 0 Å². The van der Waals surface area contributed by atoms with Crippen molar-refractivity contribution in [2.45, 2.75) is 13.8 Å². The number of carbonyl (C=O) groups excluding carboxylic acids is 1. The Morgan fingerprint density at radius 3 is 2.89 bits per heavy atom. The van der Waals surface area contributed by atoms with E-state index in [0.717, 1.165) is 5.69 Å². The summed E-state index contributed by atoms with van der Waals surface area (Å²) in [6.07, 6.45) is 3.25. The van der Waals surface area contributed by atoms with Crippen molar-refractivity contribution in [2.24, 2.45) is 0 Å². The second-order valence-corrected chi connectivity index (χ2v) is 3.72. The molecule has 0 aliphatic heterocycles. The molecule has 2 heterocycles. The Kier molecular flexibility index (Phi) is 3.27. The predicted octanol–water partition coefficient (Wildman–Crippen LogP) is 1.33. The van der Waals surface area contributed by atoms with Gasteiger partial charge in [-0.1, -0.05) is 0 Å². The molecule has 0 saturated carbocycles. The van der Waals surface area contributed by atoms with Crippen molar-refractivity contribution in [1.82, 2.24) is 14.8 Å². The van der Waals surface area contributed by atoms with Crippen molar-refractivity contribution in [3.05, 3.63) is 35.8 Å². The number of hydrogen-bond donors (Lipinski definition) is 1. The van der Waals surface area contributed by atoms with Crippen LogP contribution in [-0.2, 0) is 4.74 Å². The van der Waals surface area contributed by atoms with Gasteiger partial charge in [0, 0.05) is 12.4 Å². The minimum Gasteiger partial charge on any atom is -0.462 e. The maximum Gasteiger partial charge on any atom is 0.340 e. The highest BCUT2D eigenvalue weighted by molar-refractivity contribution is 5.96. The zero-order chi connectivity index (χ0) is 13.1. The number of anilines is 1. The number of pyridine rings is 1. The summed E-state index contributed by atoms with van der Waals surface area (Å²) in [5.41, 5.74) is 7.34. The molecule has 0 atom stereocenters. The quantitative estimate of drug-likeness (QED) is 0.826. The first-order chi connectivity index (χ1) is 8.63. The first kappa shape index (κ1) is 12.1. The molecular weight excluding hydrogens is 232 g/mol. The molecule has 0 amide bonds. The van der Waals surface area contributed by atoms with Crippen molar-refractivity contribution < 1.29 is 9.53 Å². The van der Waals surface area contributed by atoms with E-state index in [1.807, 2.05) is 13.0 Å². The lowest BCUT2D eigenvalue weighted by molar-refractivity contribution is 0.0527. The molecule has 94 valence electrons. The van der Waals surface area contributed by atoms with Crippen molar-refractivity contribution >= 4 is 11.7 Å². The molecular formula is C12H14N4O2. The van der Waals surface area contributed by atoms with Gasteiger partial charge in [-0.05, 0) is 26.0 Å². The van der Waals surface area contributed by atoms with Gasteiger partial charge in [0.25, 0.3) is 0 Å². The van der Waals surface area contributed by atoms with Crippen LogP contribution in [0.25, 0.3) is 5.82 Å². The van der Waals surface area contributed by atoms with Crippen molar-refractivity contribution in [3.63, 3.8) is 0 Å². The smallest absolute Gasteiger partial charge is 0.340 e. The summed E-state index contributed by atoms with van der Waals surface area (Å²) in [6, 6.07) is 3.37. The van der Waals surface area contributed by atoms with Gasteiger partial charge in [0.2, 0.25) is 0 Å². The van der Waals surface area contributed by atoms with Crippen LogP contribution in [0, 0.1) is 6.92 Å². The van der Waals surface area contributed by atoms with Gasteiger partial charge in [0.05, 0.1) is 23.6 Å². The number of rotatable bonds is 3. The Morgan fingerprint density at radius 2 is 2.28 bits per heavy atom. The molecule has 0 fully saturated rings. The van der Waals surface area contributed by atoms with Crippen LogP contribution in [0.1, 0.15) is 23.0 Å². The Hall–Kier alpha value is -2.37. The van der Waals surface area contributed by atoms with Gasteiger partial charge in [0.1, 0.15) is 0 Å². The number of ether oxygens (including phenoxy) is 1. The number of nitrogens with two attached hydrogens (primary N) is 1. The highest BCUT2D eigenvalue weighted by Crippen LogP contribution is 2.19. The Balaban J connectivity index is 2.45. The zero-order valence-corrected chi connectivity index (χ0v) is 10.3. The number of carbonyl (C=O) groups is 1. The molecule has 0 spiro atoms. The van der Waals surface area contributed by atoms with Crippen LogP contribution in [-0.4, -0.2) is 27.3 Å². The second kappa shape index (κ2) is 4.87. The lowest BCUT2D eigenvalue weighted by Crippen LogP contribution is -2.12. The Labute approximate surface area is 104 Å². The lowest BCUT2D eigenvalue weighted by Gasteiger charge is -2.09. The molecule has 0 aliphatic rings. The number of hydrogen-bond acceptors (Lipinski definition) is 5. The van der Waals surface area contributed by atoms with Gasteiger partial charge in [-0.2, -0.15) is 5.10 Å². The monoisotopic (exact) mass is 246 g/mol. The standard InChI is InChI=1S/C12H14N4O2/c1-3-18-12(17)9-4-6-14-11(10(9)13)16-7-5-8(2)15-16/h4-7H,3,13H2,1-2H3. The van der Waals surface area contributed by atoms with E-state index in [4.69, 9.17) is 10.5 Å². The van der Waals surface area contributed by atoms with Crippen LogP contribution in [0.4, 0.5) is 5.69 Å². The van der Waals surface area contributed by atoms with Crippen LogP contribution in [0.2, 0.25) is 0 Å². The number of aromatic nitrogens is 3. The van der Waals surface area contributed by atoms with E-state index in [9.17, 15) is 4.79 Å². The third-order valence-electron chi connectivity index (χ3n) is 2.40. The molecule has 0 aliphatic carbocycles. The SMILES string of the molecule is CCOC(=O)c1ccnc(-n2ccc(C)n2)c1N. The summed E-state index contributed by atoms with van der Waals surface area (Å²) in [5, 5.41) is 4.21. The van der Waals surface area contributed by atoms with Gasteiger partial charge < -0.3 is 10.5 Å². The molecule has 6 heteroatoms. The number of aryl methyl sites for hydroxylation is 1. The average molecular weight is 246 g/mol. The van der Waals surface area contributed by atoms with E-state index in [-0.39, 0.29) is 5.69 Å². The third-order valence-corrected chi connectivity index (χ3v) is 2.40.